The fourth-order valence-corrected chi connectivity index (χ4v) is 11.1. The van der Waals surface area contributed by atoms with Crippen LogP contribution in [-0.2, 0) is 0 Å². The van der Waals surface area contributed by atoms with E-state index in [2.05, 4.69) is 157 Å². The van der Waals surface area contributed by atoms with Crippen molar-refractivity contribution in [3.8, 4) is 17.1 Å². The number of aromatic nitrogens is 3. The standard InChI is InChI=1S/C37H29N3Si/c1-28-16-11-13-25-34(28)40-36(39-33-24-15-27-38-37(33)40)32-23-12-14-26-35(32)41(29-17-5-2-6-18-29,30-19-7-3-8-20-30)31-21-9-4-10-22-31/h2-27H,1H3. The van der Waals surface area contributed by atoms with Crippen LogP contribution >= 0.6 is 0 Å². The molecule has 0 aliphatic rings. The van der Waals surface area contributed by atoms with E-state index in [4.69, 9.17) is 9.97 Å². The van der Waals surface area contributed by atoms with Crippen LogP contribution in [0.5, 0.6) is 0 Å². The third kappa shape index (κ3) is 4.12. The molecule has 0 N–H and O–H groups in total. The van der Waals surface area contributed by atoms with Crippen LogP contribution in [0.4, 0.5) is 0 Å². The maximum absolute atomic E-state index is 5.28. The van der Waals surface area contributed by atoms with Gasteiger partial charge in [0.25, 0.3) is 0 Å². The van der Waals surface area contributed by atoms with Gasteiger partial charge in [0.2, 0.25) is 0 Å². The Morgan fingerprint density at radius 3 is 1.68 bits per heavy atom. The summed E-state index contributed by atoms with van der Waals surface area (Å²) >= 11 is 0. The molecule has 0 aliphatic heterocycles. The van der Waals surface area contributed by atoms with Crippen LogP contribution in [0.15, 0.2) is 158 Å². The molecule has 7 aromatic rings. The molecule has 0 radical (unpaired) electrons. The maximum atomic E-state index is 5.28. The number of pyridine rings is 1. The fourth-order valence-electron chi connectivity index (χ4n) is 6.17. The first-order valence-electron chi connectivity index (χ1n) is 13.9. The highest BCUT2D eigenvalue weighted by Crippen LogP contribution is 2.29. The van der Waals surface area contributed by atoms with Gasteiger partial charge in [0, 0.05) is 11.8 Å². The van der Waals surface area contributed by atoms with Crippen LogP contribution in [0, 0.1) is 6.92 Å². The molecule has 0 saturated heterocycles. The minimum Gasteiger partial charge on any atom is -0.276 e. The summed E-state index contributed by atoms with van der Waals surface area (Å²) in [6.45, 7) is 2.15. The van der Waals surface area contributed by atoms with Crippen molar-refractivity contribution in [3.05, 3.63) is 163 Å². The van der Waals surface area contributed by atoms with E-state index in [1.54, 1.807) is 0 Å². The summed E-state index contributed by atoms with van der Waals surface area (Å²) in [4.78, 5) is 10.1. The molecule has 0 aliphatic carbocycles. The van der Waals surface area contributed by atoms with Crippen molar-refractivity contribution in [3.63, 3.8) is 0 Å². The first kappa shape index (κ1) is 24.9. The van der Waals surface area contributed by atoms with Gasteiger partial charge in [-0.2, -0.15) is 0 Å². The maximum Gasteiger partial charge on any atom is 0.180 e. The van der Waals surface area contributed by atoms with Crippen molar-refractivity contribution >= 4 is 40.0 Å². The number of hydrogen-bond donors (Lipinski definition) is 0. The molecular formula is C37H29N3Si. The number of aryl methyl sites for hydroxylation is 1. The van der Waals surface area contributed by atoms with Gasteiger partial charge in [-0.1, -0.05) is 133 Å². The quantitative estimate of drug-likeness (QED) is 0.197. The highest BCUT2D eigenvalue weighted by molar-refractivity contribution is 7.20. The predicted octanol–water partition coefficient (Wildman–Crippen LogP) is 5.77. The molecule has 0 atom stereocenters. The van der Waals surface area contributed by atoms with Gasteiger partial charge in [0.05, 0.1) is 5.69 Å². The zero-order valence-corrected chi connectivity index (χ0v) is 23.9. The van der Waals surface area contributed by atoms with Crippen molar-refractivity contribution in [2.24, 2.45) is 0 Å². The number of para-hydroxylation sites is 1. The number of hydrogen-bond acceptors (Lipinski definition) is 2. The van der Waals surface area contributed by atoms with E-state index < -0.39 is 8.07 Å². The molecule has 7 rings (SSSR count). The molecule has 4 heteroatoms. The summed E-state index contributed by atoms with van der Waals surface area (Å²) in [6, 6.07) is 54.5. The summed E-state index contributed by atoms with van der Waals surface area (Å²) in [5, 5.41) is 5.30. The second kappa shape index (κ2) is 10.5. The molecule has 0 fully saturated rings. The normalized spacial score (nSPS) is 11.5. The highest BCUT2D eigenvalue weighted by Gasteiger charge is 2.43. The molecule has 0 spiro atoms. The Balaban J connectivity index is 1.64. The summed E-state index contributed by atoms with van der Waals surface area (Å²) in [5.74, 6) is 0.906. The number of rotatable bonds is 6. The Hall–Kier alpha value is -5.06. The van der Waals surface area contributed by atoms with Gasteiger partial charge in [0.15, 0.2) is 13.7 Å². The molecule has 196 valence electrons. The number of fused-ring (bicyclic) bond motifs is 1. The summed E-state index contributed by atoms with van der Waals surface area (Å²) < 4.78 is 2.24. The van der Waals surface area contributed by atoms with Crippen molar-refractivity contribution in [2.45, 2.75) is 6.92 Å². The van der Waals surface area contributed by atoms with E-state index in [9.17, 15) is 0 Å². The van der Waals surface area contributed by atoms with E-state index >= 15 is 0 Å². The van der Waals surface area contributed by atoms with Crippen molar-refractivity contribution < 1.29 is 0 Å². The molecule has 0 amide bonds. The minimum atomic E-state index is -2.79. The molecule has 41 heavy (non-hydrogen) atoms. The van der Waals surface area contributed by atoms with E-state index in [0.717, 1.165) is 28.2 Å². The molecule has 5 aromatic carbocycles. The van der Waals surface area contributed by atoms with Crippen LogP contribution < -0.4 is 20.7 Å². The number of nitrogens with zero attached hydrogens (tertiary/aromatic N) is 3. The smallest absolute Gasteiger partial charge is 0.180 e. The van der Waals surface area contributed by atoms with Crippen LogP contribution in [0.3, 0.4) is 0 Å². The Morgan fingerprint density at radius 1 is 0.537 bits per heavy atom. The van der Waals surface area contributed by atoms with Crippen LogP contribution in [0.1, 0.15) is 5.56 Å². The topological polar surface area (TPSA) is 30.7 Å². The Bertz CT molecular complexity index is 1850. The lowest BCUT2D eigenvalue weighted by molar-refractivity contribution is 1.06. The van der Waals surface area contributed by atoms with E-state index in [1.165, 1.54) is 26.3 Å². The van der Waals surface area contributed by atoms with E-state index in [0.29, 0.717) is 0 Å². The molecule has 3 nitrogen and oxygen atoms in total. The lowest BCUT2D eigenvalue weighted by Gasteiger charge is -2.35. The van der Waals surface area contributed by atoms with Gasteiger partial charge in [-0.05, 0) is 51.4 Å². The zero-order valence-electron chi connectivity index (χ0n) is 22.9. The highest BCUT2D eigenvalue weighted by atomic mass is 28.3. The monoisotopic (exact) mass is 543 g/mol. The average molecular weight is 544 g/mol. The lowest BCUT2D eigenvalue weighted by Crippen LogP contribution is -2.75. The summed E-state index contributed by atoms with van der Waals surface area (Å²) in [6.07, 6.45) is 1.85. The third-order valence-corrected chi connectivity index (χ3v) is 12.8. The predicted molar refractivity (Wildman–Crippen MR) is 173 cm³/mol. The second-order valence-electron chi connectivity index (χ2n) is 10.3. The molecule has 0 bridgehead atoms. The Labute approximate surface area is 241 Å². The van der Waals surface area contributed by atoms with Crippen LogP contribution in [0.2, 0.25) is 0 Å². The first-order valence-corrected chi connectivity index (χ1v) is 15.9. The molecule has 2 heterocycles. The third-order valence-electron chi connectivity index (χ3n) is 7.96. The van der Waals surface area contributed by atoms with Crippen molar-refractivity contribution in [1.82, 2.24) is 14.5 Å². The van der Waals surface area contributed by atoms with Gasteiger partial charge in [-0.25, -0.2) is 9.97 Å². The van der Waals surface area contributed by atoms with Crippen LogP contribution in [-0.4, -0.2) is 22.6 Å². The molecule has 0 unspecified atom stereocenters. The first-order chi connectivity index (χ1) is 20.3. The fraction of sp³-hybridized carbons (Fsp3) is 0.0270. The van der Waals surface area contributed by atoms with Crippen LogP contribution in [0.25, 0.3) is 28.2 Å². The largest absolute Gasteiger partial charge is 0.276 e. The SMILES string of the molecule is Cc1ccccc1-n1c(-c2ccccc2[Si](c2ccccc2)(c2ccccc2)c2ccccc2)nc2cccnc21. The van der Waals surface area contributed by atoms with Gasteiger partial charge >= 0.3 is 0 Å². The van der Waals surface area contributed by atoms with Gasteiger partial charge in [0.1, 0.15) is 11.3 Å². The summed E-state index contributed by atoms with van der Waals surface area (Å²) in [7, 11) is -2.79. The minimum absolute atomic E-state index is 0.859. The van der Waals surface area contributed by atoms with Crippen molar-refractivity contribution in [1.29, 1.82) is 0 Å². The van der Waals surface area contributed by atoms with E-state index in [1.807, 2.05) is 12.3 Å². The Kier molecular flexibility index (Phi) is 6.38. The molecule has 0 saturated carbocycles. The second-order valence-corrected chi connectivity index (χ2v) is 14.1. The van der Waals surface area contributed by atoms with Crippen molar-refractivity contribution in [2.75, 3.05) is 0 Å². The molecule has 2 aromatic heterocycles. The molecular weight excluding hydrogens is 515 g/mol. The lowest BCUT2D eigenvalue weighted by atomic mass is 10.1. The number of imidazole rings is 1. The Morgan fingerprint density at radius 2 is 1.07 bits per heavy atom. The average Bonchev–Trinajstić information content (AvgIpc) is 3.43. The number of benzene rings is 5. The van der Waals surface area contributed by atoms with Gasteiger partial charge in [-0.3, -0.25) is 4.57 Å². The zero-order chi connectivity index (χ0) is 27.6. The van der Waals surface area contributed by atoms with Gasteiger partial charge in [-0.15, -0.1) is 0 Å². The van der Waals surface area contributed by atoms with E-state index in [-0.39, 0.29) is 0 Å². The van der Waals surface area contributed by atoms with Gasteiger partial charge < -0.3 is 0 Å². The summed E-state index contributed by atoms with van der Waals surface area (Å²) in [5.41, 5.74) is 5.13.